The average molecular weight is 390 g/mol. The summed E-state index contributed by atoms with van der Waals surface area (Å²) in [4.78, 5) is 14.7. The summed E-state index contributed by atoms with van der Waals surface area (Å²) >= 11 is 0. The van der Waals surface area contributed by atoms with E-state index in [-0.39, 0.29) is 5.91 Å². The first-order valence-corrected chi connectivity index (χ1v) is 9.97. The van der Waals surface area contributed by atoms with Crippen LogP contribution in [0.15, 0.2) is 47.1 Å². The molecule has 1 aliphatic carbocycles. The van der Waals surface area contributed by atoms with E-state index >= 15 is 0 Å². The number of hydrogen-bond acceptors (Lipinski definition) is 7. The normalized spacial score (nSPS) is 16.1. The van der Waals surface area contributed by atoms with Crippen LogP contribution in [0.5, 0.6) is 0 Å². The second-order valence-electron chi connectivity index (χ2n) is 7.54. The molecule has 1 aliphatic heterocycles. The van der Waals surface area contributed by atoms with E-state index in [1.807, 2.05) is 30.3 Å². The zero-order chi connectivity index (χ0) is 19.6. The number of anilines is 4. The lowest BCUT2D eigenvalue weighted by Gasteiger charge is -2.17. The van der Waals surface area contributed by atoms with E-state index in [2.05, 4.69) is 30.9 Å². The molecule has 0 atom stereocenters. The Hall–Kier alpha value is -3.42. The number of carbonyl (C=O) groups is 1. The summed E-state index contributed by atoms with van der Waals surface area (Å²) in [6, 6.07) is 11.2. The topological polar surface area (TPSA) is 96.2 Å². The minimum atomic E-state index is -0.273. The minimum Gasteiger partial charge on any atom is -0.370 e. The Kier molecular flexibility index (Phi) is 4.59. The average Bonchev–Trinajstić information content (AvgIpc) is 3.24. The third kappa shape index (κ3) is 4.06. The fourth-order valence-corrected chi connectivity index (χ4v) is 3.50. The molecule has 0 bridgehead atoms. The lowest BCUT2D eigenvalue weighted by molar-refractivity contribution is 0.101. The summed E-state index contributed by atoms with van der Waals surface area (Å²) in [6.45, 7) is 2.13. The van der Waals surface area contributed by atoms with E-state index < -0.39 is 0 Å². The Bertz CT molecular complexity index is 1010. The fraction of sp³-hybridized carbons (Fsp3) is 0.333. The number of aromatic nitrogens is 3. The monoisotopic (exact) mass is 390 g/mol. The van der Waals surface area contributed by atoms with E-state index in [1.165, 1.54) is 12.8 Å². The first kappa shape index (κ1) is 17.7. The van der Waals surface area contributed by atoms with Crippen LogP contribution < -0.4 is 15.5 Å². The van der Waals surface area contributed by atoms with Crippen LogP contribution in [0.25, 0.3) is 0 Å². The zero-order valence-corrected chi connectivity index (χ0v) is 16.0. The Morgan fingerprint density at radius 1 is 1.07 bits per heavy atom. The van der Waals surface area contributed by atoms with Crippen LogP contribution in [0.2, 0.25) is 0 Å². The van der Waals surface area contributed by atoms with Gasteiger partial charge < -0.3 is 20.1 Å². The molecule has 8 heteroatoms. The maximum atomic E-state index is 12.3. The molecule has 2 aromatic heterocycles. The molecule has 0 radical (unpaired) electrons. The van der Waals surface area contributed by atoms with Crippen LogP contribution in [-0.4, -0.2) is 34.4 Å². The summed E-state index contributed by atoms with van der Waals surface area (Å²) in [5, 5.41) is 18.2. The van der Waals surface area contributed by atoms with Crippen LogP contribution in [0, 0.1) is 0 Å². The van der Waals surface area contributed by atoms with Gasteiger partial charge in [-0.3, -0.25) is 4.79 Å². The number of hydrogen-bond donors (Lipinski definition) is 2. The SMILES string of the molecule is O=C(Nc1ccc(Nc2cc(N3CCCC3)cnn2)cc1)c1cc(C2CC2)on1. The highest BCUT2D eigenvalue weighted by atomic mass is 16.5. The van der Waals surface area contributed by atoms with Crippen molar-refractivity contribution in [2.24, 2.45) is 0 Å². The summed E-state index contributed by atoms with van der Waals surface area (Å²) < 4.78 is 5.24. The third-order valence-corrected chi connectivity index (χ3v) is 5.27. The van der Waals surface area contributed by atoms with Crippen LogP contribution in [0.1, 0.15) is 47.8 Å². The lowest BCUT2D eigenvalue weighted by Crippen LogP contribution is -2.18. The van der Waals surface area contributed by atoms with Gasteiger partial charge >= 0.3 is 0 Å². The smallest absolute Gasteiger partial charge is 0.277 e. The molecule has 8 nitrogen and oxygen atoms in total. The number of amides is 1. The minimum absolute atomic E-state index is 0.273. The van der Waals surface area contributed by atoms with Crippen molar-refractivity contribution in [2.75, 3.05) is 28.6 Å². The molecular formula is C21H22N6O2. The predicted molar refractivity (Wildman–Crippen MR) is 110 cm³/mol. The molecule has 0 unspecified atom stereocenters. The molecule has 1 amide bonds. The molecule has 29 heavy (non-hydrogen) atoms. The van der Waals surface area contributed by atoms with Gasteiger partial charge in [-0.15, -0.1) is 5.10 Å². The van der Waals surface area contributed by atoms with Gasteiger partial charge in [-0.1, -0.05) is 5.16 Å². The molecule has 3 aromatic rings. The number of benzene rings is 1. The number of nitrogens with one attached hydrogen (secondary N) is 2. The van der Waals surface area contributed by atoms with E-state index in [1.54, 1.807) is 12.3 Å². The lowest BCUT2D eigenvalue weighted by atomic mass is 10.2. The highest BCUT2D eigenvalue weighted by molar-refractivity contribution is 6.02. The van der Waals surface area contributed by atoms with Crippen molar-refractivity contribution >= 4 is 28.8 Å². The van der Waals surface area contributed by atoms with Gasteiger partial charge in [0.05, 0.1) is 11.9 Å². The number of nitrogens with zero attached hydrogens (tertiary/aromatic N) is 4. The highest BCUT2D eigenvalue weighted by Crippen LogP contribution is 2.40. The quantitative estimate of drug-likeness (QED) is 0.658. The Labute approximate surface area is 168 Å². The predicted octanol–water partition coefficient (Wildman–Crippen LogP) is 3.94. The second kappa shape index (κ2) is 7.54. The molecule has 1 aromatic carbocycles. The van der Waals surface area contributed by atoms with E-state index in [9.17, 15) is 4.79 Å². The largest absolute Gasteiger partial charge is 0.370 e. The van der Waals surface area contributed by atoms with Crippen molar-refractivity contribution in [1.29, 1.82) is 0 Å². The molecule has 1 saturated carbocycles. The van der Waals surface area contributed by atoms with Crippen LogP contribution >= 0.6 is 0 Å². The summed E-state index contributed by atoms with van der Waals surface area (Å²) in [5.74, 6) is 1.65. The summed E-state index contributed by atoms with van der Waals surface area (Å²) in [7, 11) is 0. The maximum absolute atomic E-state index is 12.3. The van der Waals surface area contributed by atoms with E-state index in [4.69, 9.17) is 4.52 Å². The summed E-state index contributed by atoms with van der Waals surface area (Å²) in [5.41, 5.74) is 2.95. The van der Waals surface area contributed by atoms with Crippen molar-refractivity contribution < 1.29 is 9.32 Å². The van der Waals surface area contributed by atoms with E-state index in [0.717, 1.165) is 43.1 Å². The van der Waals surface area contributed by atoms with Crippen LogP contribution in [0.4, 0.5) is 22.9 Å². The maximum Gasteiger partial charge on any atom is 0.277 e. The molecule has 2 fully saturated rings. The van der Waals surface area contributed by atoms with Gasteiger partial charge in [0.15, 0.2) is 11.5 Å². The second-order valence-corrected chi connectivity index (χ2v) is 7.54. The number of carbonyl (C=O) groups excluding carboxylic acids is 1. The molecule has 0 spiro atoms. The van der Waals surface area contributed by atoms with Gasteiger partial charge in [0.2, 0.25) is 0 Å². The Balaban J connectivity index is 1.22. The fourth-order valence-electron chi connectivity index (χ4n) is 3.50. The molecule has 3 heterocycles. The first-order valence-electron chi connectivity index (χ1n) is 9.97. The standard InChI is InChI=1S/C21H22N6O2/c28-21(18-12-19(29-26-18)14-3-4-14)24-16-7-5-15(6-8-16)23-20-11-17(13-22-25-20)27-9-1-2-10-27/h5-8,11-14H,1-4,9-10H2,(H,23,25)(H,24,28). The van der Waals surface area contributed by atoms with Gasteiger partial charge in [0, 0.05) is 42.5 Å². The number of rotatable bonds is 6. The third-order valence-electron chi connectivity index (χ3n) is 5.27. The Morgan fingerprint density at radius 3 is 2.59 bits per heavy atom. The molecule has 1 saturated heterocycles. The molecular weight excluding hydrogens is 368 g/mol. The Morgan fingerprint density at radius 2 is 1.83 bits per heavy atom. The van der Waals surface area contributed by atoms with Crippen molar-refractivity contribution in [2.45, 2.75) is 31.6 Å². The summed E-state index contributed by atoms with van der Waals surface area (Å²) in [6.07, 6.45) is 6.45. The molecule has 5 rings (SSSR count). The van der Waals surface area contributed by atoms with Gasteiger partial charge in [-0.05, 0) is 49.9 Å². The van der Waals surface area contributed by atoms with Crippen LogP contribution in [-0.2, 0) is 0 Å². The van der Waals surface area contributed by atoms with Crippen molar-refractivity contribution in [3.63, 3.8) is 0 Å². The van der Waals surface area contributed by atoms with Gasteiger partial charge in [-0.2, -0.15) is 5.10 Å². The molecule has 2 aliphatic rings. The van der Waals surface area contributed by atoms with Crippen molar-refractivity contribution in [3.05, 3.63) is 54.0 Å². The van der Waals surface area contributed by atoms with Crippen molar-refractivity contribution in [1.82, 2.24) is 15.4 Å². The van der Waals surface area contributed by atoms with Gasteiger partial charge in [-0.25, -0.2) is 0 Å². The van der Waals surface area contributed by atoms with Gasteiger partial charge in [0.1, 0.15) is 5.76 Å². The molecule has 148 valence electrons. The van der Waals surface area contributed by atoms with Crippen LogP contribution in [0.3, 0.4) is 0 Å². The molecule has 2 N–H and O–H groups in total. The van der Waals surface area contributed by atoms with Gasteiger partial charge in [0.25, 0.3) is 5.91 Å². The zero-order valence-electron chi connectivity index (χ0n) is 16.0. The first-order chi connectivity index (χ1) is 14.2. The highest BCUT2D eigenvalue weighted by Gasteiger charge is 2.28. The van der Waals surface area contributed by atoms with Crippen molar-refractivity contribution in [3.8, 4) is 0 Å². The van der Waals surface area contributed by atoms with E-state index in [0.29, 0.717) is 23.1 Å².